The lowest BCUT2D eigenvalue weighted by Crippen LogP contribution is -1.73. The molecule has 0 aliphatic heterocycles. The maximum absolute atomic E-state index is 4.67. The van der Waals surface area contributed by atoms with Crippen molar-refractivity contribution in [2.45, 2.75) is 6.92 Å². The Labute approximate surface area is 44.7 Å². The van der Waals surface area contributed by atoms with Crippen LogP contribution in [-0.2, 0) is 4.74 Å². The Bertz CT molecular complexity index is 66.0. The summed E-state index contributed by atoms with van der Waals surface area (Å²) < 4.78 is 4.36. The first kappa shape index (κ1) is 9.33. The molecule has 0 aliphatic carbocycles. The van der Waals surface area contributed by atoms with Crippen LogP contribution < -0.4 is 0 Å². The minimum Gasteiger partial charge on any atom is -0.447 e. The van der Waals surface area contributed by atoms with Crippen molar-refractivity contribution in [1.29, 1.82) is 0 Å². The van der Waals surface area contributed by atoms with Crippen LogP contribution in [0.5, 0.6) is 0 Å². The van der Waals surface area contributed by atoms with Gasteiger partial charge in [0, 0.05) is 0 Å². The van der Waals surface area contributed by atoms with Crippen LogP contribution in [0.1, 0.15) is 6.92 Å². The van der Waals surface area contributed by atoms with E-state index in [1.165, 1.54) is 0 Å². The third-order valence-corrected chi connectivity index (χ3v) is 0.228. The van der Waals surface area contributed by atoms with Crippen molar-refractivity contribution in [3.05, 3.63) is 0 Å². The van der Waals surface area contributed by atoms with Gasteiger partial charge >= 0.3 is 0 Å². The average molecular weight is 96.1 g/mol. The van der Waals surface area contributed by atoms with Crippen LogP contribution in [0.4, 0.5) is 0 Å². The predicted molar refractivity (Wildman–Crippen MR) is 30.3 cm³/mol. The molecule has 0 unspecified atom stereocenters. The molecular weight excluding hydrogens is 88.1 g/mol. The van der Waals surface area contributed by atoms with Gasteiger partial charge in [-0.05, 0) is 6.92 Å². The molecule has 0 aromatic heterocycles. The van der Waals surface area contributed by atoms with E-state index in [9.17, 15) is 0 Å². The van der Waals surface area contributed by atoms with Gasteiger partial charge in [0.05, 0.1) is 6.61 Å². The Morgan fingerprint density at radius 2 is 2.00 bits per heavy atom. The van der Waals surface area contributed by atoms with Crippen LogP contribution >= 0.6 is 0 Å². The van der Waals surface area contributed by atoms with Gasteiger partial charge in [-0.25, -0.2) is 0 Å². The largest absolute Gasteiger partial charge is 0.447 e. The zero-order valence-electron chi connectivity index (χ0n) is 4.35. The summed E-state index contributed by atoms with van der Waals surface area (Å²) in [5.74, 6) is 0. The number of hydrogen-bond donors (Lipinski definition) is 0. The maximum Gasteiger partial charge on any atom is 0.106 e. The molecule has 0 aliphatic rings. The number of ether oxygens (including phenoxy) is 1. The Morgan fingerprint density at radius 3 is 2.00 bits per heavy atom. The first-order valence-electron chi connectivity index (χ1n) is 1.82. The van der Waals surface area contributed by atoms with E-state index in [-0.39, 0.29) is 0 Å². The smallest absolute Gasteiger partial charge is 0.106 e. The molecule has 38 valence electrons. The second-order valence-corrected chi connectivity index (χ2v) is 0.551. The van der Waals surface area contributed by atoms with E-state index in [1.807, 2.05) is 13.0 Å². The lowest BCUT2D eigenvalue weighted by Gasteiger charge is -1.79. The third-order valence-electron chi connectivity index (χ3n) is 0.228. The molecule has 0 saturated carbocycles. The summed E-state index contributed by atoms with van der Waals surface area (Å²) in [5.41, 5.74) is 0. The van der Waals surface area contributed by atoms with Crippen molar-refractivity contribution in [1.82, 2.24) is 0 Å². The van der Waals surface area contributed by atoms with E-state index in [2.05, 4.69) is 24.0 Å². The summed E-state index contributed by atoms with van der Waals surface area (Å²) in [6.07, 6.45) is 14.7. The first-order chi connectivity index (χ1) is 3.41. The number of terminal acetylenes is 2. The minimum absolute atomic E-state index is 0.608. The molecule has 0 heterocycles. The predicted octanol–water partition coefficient (Wildman–Crippen LogP) is 0.863. The van der Waals surface area contributed by atoms with Gasteiger partial charge in [-0.3, -0.25) is 0 Å². The van der Waals surface area contributed by atoms with Crippen molar-refractivity contribution in [3.8, 4) is 25.4 Å². The lowest BCUT2D eigenvalue weighted by atomic mass is 10.9. The van der Waals surface area contributed by atoms with E-state index in [1.54, 1.807) is 0 Å². The molecule has 0 radical (unpaired) electrons. The van der Waals surface area contributed by atoms with Crippen LogP contribution in [0, 0.1) is 25.4 Å². The Hall–Kier alpha value is -1.08. The Kier molecular flexibility index (Phi) is 27.3. The monoisotopic (exact) mass is 96.1 g/mol. The van der Waals surface area contributed by atoms with E-state index >= 15 is 0 Å². The Morgan fingerprint density at radius 1 is 1.57 bits per heavy atom. The van der Waals surface area contributed by atoms with Gasteiger partial charge in [-0.15, -0.1) is 12.8 Å². The molecule has 0 fully saturated rings. The first-order valence-corrected chi connectivity index (χ1v) is 1.82. The summed E-state index contributed by atoms with van der Waals surface area (Å²) in [4.78, 5) is 0. The van der Waals surface area contributed by atoms with Gasteiger partial charge in [0.1, 0.15) is 6.11 Å². The van der Waals surface area contributed by atoms with Crippen LogP contribution in [0.25, 0.3) is 0 Å². The highest BCUT2D eigenvalue weighted by molar-refractivity contribution is 4.66. The highest BCUT2D eigenvalue weighted by atomic mass is 16.5. The fourth-order valence-corrected chi connectivity index (χ4v) is 0.0833. The molecule has 0 atom stereocenters. The van der Waals surface area contributed by atoms with Crippen molar-refractivity contribution in [2.75, 3.05) is 6.61 Å². The molecule has 0 aromatic rings. The molecule has 0 spiro atoms. The number of hydrogen-bond acceptors (Lipinski definition) is 1. The van der Waals surface area contributed by atoms with E-state index in [0.29, 0.717) is 6.61 Å². The highest BCUT2D eigenvalue weighted by Gasteiger charge is 1.56. The summed E-state index contributed by atoms with van der Waals surface area (Å²) in [6, 6.07) is 0. The Balaban J connectivity index is 0. The van der Waals surface area contributed by atoms with E-state index < -0.39 is 0 Å². The van der Waals surface area contributed by atoms with Crippen LogP contribution in [0.15, 0.2) is 0 Å². The summed E-state index contributed by atoms with van der Waals surface area (Å²) in [7, 11) is 0. The second-order valence-electron chi connectivity index (χ2n) is 0.551. The van der Waals surface area contributed by atoms with E-state index in [4.69, 9.17) is 0 Å². The van der Waals surface area contributed by atoms with Crippen molar-refractivity contribution in [3.63, 3.8) is 0 Å². The summed E-state index contributed by atoms with van der Waals surface area (Å²) in [5, 5.41) is 0. The third kappa shape index (κ3) is 49.6. The molecule has 0 amide bonds. The van der Waals surface area contributed by atoms with Crippen LogP contribution in [-0.4, -0.2) is 6.61 Å². The normalized spacial score (nSPS) is 4.29. The zero-order valence-corrected chi connectivity index (χ0v) is 4.35. The van der Waals surface area contributed by atoms with Gasteiger partial charge < -0.3 is 4.74 Å². The molecule has 0 rings (SSSR count). The molecular formula is C6H8O. The summed E-state index contributed by atoms with van der Waals surface area (Å²) in [6.45, 7) is 2.45. The fourth-order valence-electron chi connectivity index (χ4n) is 0.0833. The van der Waals surface area contributed by atoms with Crippen molar-refractivity contribution in [2.24, 2.45) is 0 Å². The molecule has 0 saturated heterocycles. The van der Waals surface area contributed by atoms with Gasteiger partial charge in [-0.2, -0.15) is 0 Å². The van der Waals surface area contributed by atoms with E-state index in [0.717, 1.165) is 0 Å². The fraction of sp³-hybridized carbons (Fsp3) is 0.333. The van der Waals surface area contributed by atoms with Gasteiger partial charge in [0.2, 0.25) is 0 Å². The van der Waals surface area contributed by atoms with Gasteiger partial charge in [-0.1, -0.05) is 6.42 Å². The molecule has 7 heavy (non-hydrogen) atoms. The van der Waals surface area contributed by atoms with Gasteiger partial charge in [0.15, 0.2) is 0 Å². The van der Waals surface area contributed by atoms with Crippen molar-refractivity contribution >= 4 is 0 Å². The SMILES string of the molecule is C#C.C#COCC. The summed E-state index contributed by atoms with van der Waals surface area (Å²) >= 11 is 0. The molecule has 1 heteroatoms. The standard InChI is InChI=1S/C4H6O.C2H2/c1-3-5-4-2;1-2/h1H,4H2,2H3;1-2H. The average Bonchev–Trinajstić information content (AvgIpc) is 1.75. The minimum atomic E-state index is 0.608. The number of rotatable bonds is 1. The topological polar surface area (TPSA) is 9.23 Å². The quantitative estimate of drug-likeness (QED) is 0.440. The second kappa shape index (κ2) is 20.5. The molecule has 1 nitrogen and oxygen atoms in total. The molecule has 0 aromatic carbocycles. The molecule has 0 bridgehead atoms. The lowest BCUT2D eigenvalue weighted by molar-refractivity contribution is 0.300. The maximum atomic E-state index is 4.67. The zero-order chi connectivity index (χ0) is 6.12. The van der Waals surface area contributed by atoms with Crippen LogP contribution in [0.2, 0.25) is 0 Å². The van der Waals surface area contributed by atoms with Gasteiger partial charge in [0.25, 0.3) is 0 Å². The highest BCUT2D eigenvalue weighted by Crippen LogP contribution is 1.58. The molecule has 0 N–H and O–H groups in total. The van der Waals surface area contributed by atoms with Crippen molar-refractivity contribution < 1.29 is 4.74 Å². The van der Waals surface area contributed by atoms with Crippen LogP contribution in [0.3, 0.4) is 0 Å².